The normalized spacial score (nSPS) is 34.8. The molecule has 0 spiro atoms. The molecule has 6 heteroatoms. The number of nitrogens with two attached hydrogens (primary N) is 1. The highest BCUT2D eigenvalue weighted by atomic mass is 19.4. The number of piperidine rings is 1. The van der Waals surface area contributed by atoms with Crippen LogP contribution in [-0.4, -0.2) is 36.1 Å². The molecule has 2 atom stereocenters. The zero-order valence-corrected chi connectivity index (χ0v) is 12.5. The van der Waals surface area contributed by atoms with Crippen molar-refractivity contribution in [3.05, 3.63) is 0 Å². The zero-order valence-electron chi connectivity index (χ0n) is 12.5. The molecule has 0 aromatic carbocycles. The minimum absolute atomic E-state index is 0.0428. The van der Waals surface area contributed by atoms with Crippen molar-refractivity contribution in [2.24, 2.45) is 23.5 Å². The van der Waals surface area contributed by atoms with Crippen LogP contribution in [0.1, 0.15) is 45.4 Å². The molecular formula is C15H25F3N2O. The first-order valence-electron chi connectivity index (χ1n) is 7.90. The van der Waals surface area contributed by atoms with Crippen LogP contribution in [0.4, 0.5) is 13.2 Å². The summed E-state index contributed by atoms with van der Waals surface area (Å²) < 4.78 is 38.0. The van der Waals surface area contributed by atoms with Crippen LogP contribution in [0.3, 0.4) is 0 Å². The van der Waals surface area contributed by atoms with Gasteiger partial charge in [-0.3, -0.25) is 4.79 Å². The van der Waals surface area contributed by atoms with Gasteiger partial charge < -0.3 is 10.6 Å². The van der Waals surface area contributed by atoms with E-state index in [9.17, 15) is 18.0 Å². The maximum absolute atomic E-state index is 12.7. The number of carbonyl (C=O) groups is 1. The first-order chi connectivity index (χ1) is 9.82. The Labute approximate surface area is 124 Å². The van der Waals surface area contributed by atoms with E-state index in [-0.39, 0.29) is 30.7 Å². The monoisotopic (exact) mass is 306 g/mol. The number of alkyl halides is 3. The molecule has 0 aromatic heterocycles. The third-order valence-corrected chi connectivity index (χ3v) is 5.14. The molecule has 2 N–H and O–H groups in total. The maximum Gasteiger partial charge on any atom is 0.391 e. The van der Waals surface area contributed by atoms with Crippen molar-refractivity contribution in [1.29, 1.82) is 0 Å². The molecule has 0 radical (unpaired) electrons. The topological polar surface area (TPSA) is 46.3 Å². The van der Waals surface area contributed by atoms with Gasteiger partial charge in [0.1, 0.15) is 0 Å². The van der Waals surface area contributed by atoms with Crippen LogP contribution in [0.5, 0.6) is 0 Å². The summed E-state index contributed by atoms with van der Waals surface area (Å²) >= 11 is 0. The molecule has 0 bridgehead atoms. The molecule has 2 aliphatic rings. The Bertz CT molecular complexity index is 364. The fraction of sp³-hybridized carbons (Fsp3) is 0.933. The summed E-state index contributed by atoms with van der Waals surface area (Å²) in [5, 5.41) is 0. The van der Waals surface area contributed by atoms with E-state index >= 15 is 0 Å². The summed E-state index contributed by atoms with van der Waals surface area (Å²) in [6.07, 6.45) is -1.26. The average Bonchev–Trinajstić information content (AvgIpc) is 2.46. The van der Waals surface area contributed by atoms with Crippen molar-refractivity contribution < 1.29 is 18.0 Å². The van der Waals surface area contributed by atoms with Crippen LogP contribution in [0.25, 0.3) is 0 Å². The van der Waals surface area contributed by atoms with Crippen LogP contribution in [-0.2, 0) is 4.79 Å². The van der Waals surface area contributed by atoms with Gasteiger partial charge in [-0.2, -0.15) is 13.2 Å². The Hall–Kier alpha value is -0.780. The van der Waals surface area contributed by atoms with Crippen molar-refractivity contribution in [1.82, 2.24) is 4.90 Å². The molecule has 2 unspecified atom stereocenters. The van der Waals surface area contributed by atoms with Gasteiger partial charge in [0.15, 0.2) is 0 Å². The molecule has 122 valence electrons. The average molecular weight is 306 g/mol. The lowest BCUT2D eigenvalue weighted by Gasteiger charge is -2.41. The van der Waals surface area contributed by atoms with Gasteiger partial charge in [0.05, 0.1) is 5.92 Å². The molecule has 1 saturated carbocycles. The molecule has 2 fully saturated rings. The molecule has 3 nitrogen and oxygen atoms in total. The lowest BCUT2D eigenvalue weighted by atomic mass is 9.80. The van der Waals surface area contributed by atoms with E-state index in [1.165, 1.54) is 0 Å². The fourth-order valence-electron chi connectivity index (χ4n) is 3.58. The highest BCUT2D eigenvalue weighted by Gasteiger charge is 2.43. The first-order valence-corrected chi connectivity index (χ1v) is 7.90. The predicted octanol–water partition coefficient (Wildman–Crippen LogP) is 2.94. The maximum atomic E-state index is 12.7. The summed E-state index contributed by atoms with van der Waals surface area (Å²) in [5.74, 6) is -1.09. The summed E-state index contributed by atoms with van der Waals surface area (Å²) in [4.78, 5) is 14.4. The van der Waals surface area contributed by atoms with Crippen molar-refractivity contribution in [2.75, 3.05) is 13.1 Å². The second kappa shape index (κ2) is 6.55. The molecule has 0 aromatic rings. The highest BCUT2D eigenvalue weighted by molar-refractivity contribution is 5.79. The molecule has 1 aliphatic carbocycles. The molecule has 1 aliphatic heterocycles. The van der Waals surface area contributed by atoms with Gasteiger partial charge in [-0.25, -0.2) is 0 Å². The minimum atomic E-state index is -4.11. The Kier molecular flexibility index (Phi) is 5.17. The Balaban J connectivity index is 1.92. The van der Waals surface area contributed by atoms with E-state index in [0.29, 0.717) is 31.8 Å². The van der Waals surface area contributed by atoms with E-state index < -0.39 is 12.1 Å². The largest absolute Gasteiger partial charge is 0.391 e. The first kappa shape index (κ1) is 16.6. The quantitative estimate of drug-likeness (QED) is 0.852. The number of amides is 1. The van der Waals surface area contributed by atoms with E-state index in [1.807, 2.05) is 11.8 Å². The second-order valence-electron chi connectivity index (χ2n) is 6.61. The third kappa shape index (κ3) is 3.90. The van der Waals surface area contributed by atoms with Crippen molar-refractivity contribution in [3.63, 3.8) is 0 Å². The smallest absolute Gasteiger partial charge is 0.339 e. The number of halogens is 3. The summed E-state index contributed by atoms with van der Waals surface area (Å²) in [5.41, 5.74) is 5.69. The number of likely N-dealkylation sites (tertiary alicyclic amines) is 1. The van der Waals surface area contributed by atoms with Crippen molar-refractivity contribution in [2.45, 2.75) is 57.7 Å². The van der Waals surface area contributed by atoms with Crippen LogP contribution >= 0.6 is 0 Å². The highest BCUT2D eigenvalue weighted by Crippen LogP contribution is 2.40. The number of nitrogens with zero attached hydrogens (tertiary/aromatic N) is 1. The minimum Gasteiger partial charge on any atom is -0.339 e. The summed E-state index contributed by atoms with van der Waals surface area (Å²) in [7, 11) is 0. The van der Waals surface area contributed by atoms with Crippen LogP contribution in [0, 0.1) is 17.8 Å². The third-order valence-electron chi connectivity index (χ3n) is 5.14. The molecule has 21 heavy (non-hydrogen) atoms. The fourth-order valence-corrected chi connectivity index (χ4v) is 3.58. The lowest BCUT2D eigenvalue weighted by molar-refractivity contribution is -0.185. The molecule has 1 saturated heterocycles. The second-order valence-corrected chi connectivity index (χ2v) is 6.61. The van der Waals surface area contributed by atoms with Gasteiger partial charge in [0.25, 0.3) is 0 Å². The number of hydrogen-bond acceptors (Lipinski definition) is 2. The van der Waals surface area contributed by atoms with Gasteiger partial charge in [-0.05, 0) is 57.9 Å². The van der Waals surface area contributed by atoms with Gasteiger partial charge >= 0.3 is 6.18 Å². The SMILES string of the molecule is CC1CCC(CN)CN1C(=O)C1CCC(C(F)(F)F)CC1. The van der Waals surface area contributed by atoms with E-state index in [1.54, 1.807) is 0 Å². The number of carbonyl (C=O) groups excluding carboxylic acids is 1. The molecular weight excluding hydrogens is 281 g/mol. The Morgan fingerprint density at radius 3 is 2.29 bits per heavy atom. The molecule has 1 amide bonds. The van der Waals surface area contributed by atoms with E-state index in [0.717, 1.165) is 12.8 Å². The number of hydrogen-bond donors (Lipinski definition) is 1. The molecule has 1 heterocycles. The Morgan fingerprint density at radius 2 is 1.76 bits per heavy atom. The standard InChI is InChI=1S/C15H25F3N2O/c1-10-2-3-11(8-19)9-20(10)14(21)12-4-6-13(7-5-12)15(16,17)18/h10-13H,2-9,19H2,1H3. The van der Waals surface area contributed by atoms with E-state index in [2.05, 4.69) is 0 Å². The number of rotatable bonds is 2. The predicted molar refractivity (Wildman–Crippen MR) is 74.5 cm³/mol. The van der Waals surface area contributed by atoms with E-state index in [4.69, 9.17) is 5.73 Å². The Morgan fingerprint density at radius 1 is 1.14 bits per heavy atom. The van der Waals surface area contributed by atoms with Gasteiger partial charge in [0.2, 0.25) is 5.91 Å². The summed E-state index contributed by atoms with van der Waals surface area (Å²) in [6.45, 7) is 3.25. The zero-order chi connectivity index (χ0) is 15.6. The van der Waals surface area contributed by atoms with Crippen LogP contribution in [0.2, 0.25) is 0 Å². The van der Waals surface area contributed by atoms with Gasteiger partial charge in [-0.15, -0.1) is 0 Å². The van der Waals surface area contributed by atoms with Gasteiger partial charge in [-0.1, -0.05) is 0 Å². The summed E-state index contributed by atoms with van der Waals surface area (Å²) in [6, 6.07) is 0.181. The van der Waals surface area contributed by atoms with Gasteiger partial charge in [0, 0.05) is 18.5 Å². The van der Waals surface area contributed by atoms with Crippen LogP contribution in [0.15, 0.2) is 0 Å². The van der Waals surface area contributed by atoms with Crippen molar-refractivity contribution >= 4 is 5.91 Å². The van der Waals surface area contributed by atoms with Crippen LogP contribution < -0.4 is 5.73 Å². The lowest BCUT2D eigenvalue weighted by Crippen LogP contribution is -2.50. The van der Waals surface area contributed by atoms with Crippen molar-refractivity contribution in [3.8, 4) is 0 Å². The molecule has 2 rings (SSSR count).